The van der Waals surface area contributed by atoms with Crippen LogP contribution in [0.15, 0.2) is 108 Å². The van der Waals surface area contributed by atoms with Crippen molar-refractivity contribution >= 4 is 17.9 Å². The molecular weight excluding hydrogens is 516 g/mol. The van der Waals surface area contributed by atoms with Gasteiger partial charge in [0.1, 0.15) is 0 Å². The van der Waals surface area contributed by atoms with Gasteiger partial charge in [0.05, 0.1) is 16.7 Å². The summed E-state index contributed by atoms with van der Waals surface area (Å²) in [6, 6.07) is 24.9. The number of rotatable bonds is 3. The van der Waals surface area contributed by atoms with Crippen LogP contribution >= 0.6 is 0 Å². The van der Waals surface area contributed by atoms with Crippen LogP contribution in [-0.2, 0) is 21.7 Å². The van der Waals surface area contributed by atoms with Crippen LogP contribution in [-0.4, -0.2) is 33.2 Å². The maximum atomic E-state index is 10.2. The Kier molecular flexibility index (Phi) is 15.2. The summed E-state index contributed by atoms with van der Waals surface area (Å²) in [4.78, 5) is 30.6. The molecule has 1 aliphatic rings. The Labute approximate surface area is 239 Å². The van der Waals surface area contributed by atoms with Crippen LogP contribution in [0.2, 0.25) is 0 Å². The van der Waals surface area contributed by atoms with Crippen molar-refractivity contribution in [2.45, 2.75) is 34.6 Å². The van der Waals surface area contributed by atoms with Crippen LogP contribution in [0.3, 0.4) is 0 Å². The van der Waals surface area contributed by atoms with E-state index in [0.29, 0.717) is 16.7 Å². The van der Waals surface area contributed by atoms with Crippen molar-refractivity contribution in [3.63, 3.8) is 0 Å². The molecule has 0 saturated carbocycles. The molecule has 198 valence electrons. The van der Waals surface area contributed by atoms with E-state index in [9.17, 15) is 14.4 Å². The topological polar surface area (TPSA) is 112 Å². The summed E-state index contributed by atoms with van der Waals surface area (Å²) in [5.41, 5.74) is 5.39. The number of carbonyl (C=O) groups is 3. The molecule has 0 atom stereocenters. The molecule has 0 heterocycles. The Morgan fingerprint density at radius 3 is 0.947 bits per heavy atom. The SMILES string of the molecule is CC1=[C-]C(C)(C)C(C)=C1C.O=C(O)c1ccccc1.O=C(O)c1ccccc1.O=C(O)c1ccccc1.[Ti]. The molecule has 0 fully saturated rings. The van der Waals surface area contributed by atoms with E-state index in [1.54, 1.807) is 91.0 Å². The number of allylic oxidation sites excluding steroid dienone is 4. The van der Waals surface area contributed by atoms with E-state index in [4.69, 9.17) is 15.3 Å². The fraction of sp³-hybridized carbons (Fsp3) is 0.194. The van der Waals surface area contributed by atoms with E-state index in [0.717, 1.165) is 0 Å². The molecule has 4 rings (SSSR count). The fourth-order valence-corrected chi connectivity index (χ4v) is 3.15. The average molecular weight is 549 g/mol. The van der Waals surface area contributed by atoms with E-state index in [1.165, 1.54) is 16.7 Å². The van der Waals surface area contributed by atoms with Crippen molar-refractivity contribution in [3.8, 4) is 0 Å². The molecule has 0 bridgehead atoms. The van der Waals surface area contributed by atoms with Gasteiger partial charge in [-0.15, -0.1) is 6.92 Å². The quantitative estimate of drug-likeness (QED) is 0.234. The first-order valence-electron chi connectivity index (χ1n) is 11.5. The van der Waals surface area contributed by atoms with Gasteiger partial charge in [0.2, 0.25) is 0 Å². The molecule has 1 aliphatic carbocycles. The molecule has 3 aromatic rings. The van der Waals surface area contributed by atoms with Gasteiger partial charge in [-0.25, -0.2) is 20.0 Å². The third-order valence-electron chi connectivity index (χ3n) is 5.62. The molecule has 0 saturated heterocycles. The van der Waals surface area contributed by atoms with E-state index in [-0.39, 0.29) is 27.1 Å². The van der Waals surface area contributed by atoms with Gasteiger partial charge >= 0.3 is 17.9 Å². The summed E-state index contributed by atoms with van der Waals surface area (Å²) < 4.78 is 0. The number of carboxylic acids is 3. The van der Waals surface area contributed by atoms with Gasteiger partial charge in [0, 0.05) is 21.7 Å². The average Bonchev–Trinajstić information content (AvgIpc) is 3.07. The molecule has 6 nitrogen and oxygen atoms in total. The Balaban J connectivity index is 0.000000477. The first-order chi connectivity index (χ1) is 17.4. The van der Waals surface area contributed by atoms with Gasteiger partial charge < -0.3 is 15.3 Å². The molecule has 0 amide bonds. The molecule has 0 aliphatic heterocycles. The standard InChI is InChI=1S/C10H15.3C7H6O2.Ti/c1-7-6-10(4,5)9(3)8(7)2;3*8-7(9)6-4-2-1-3-5-6;/h1-5H3;3*1-5H,(H,8,9);/q-1;;;;. The number of carboxylic acid groups (broad SMARTS) is 3. The maximum absolute atomic E-state index is 10.2. The van der Waals surface area contributed by atoms with E-state index in [1.807, 2.05) is 0 Å². The van der Waals surface area contributed by atoms with Crippen molar-refractivity contribution in [1.29, 1.82) is 0 Å². The van der Waals surface area contributed by atoms with Gasteiger partial charge in [0.15, 0.2) is 0 Å². The summed E-state index contributed by atoms with van der Waals surface area (Å²) in [6.45, 7) is 10.9. The van der Waals surface area contributed by atoms with Crippen molar-refractivity contribution in [3.05, 3.63) is 130 Å². The van der Waals surface area contributed by atoms with Crippen molar-refractivity contribution in [2.24, 2.45) is 5.41 Å². The summed E-state index contributed by atoms with van der Waals surface area (Å²) in [5, 5.41) is 25.2. The molecular formula is C31H33O6Ti-. The van der Waals surface area contributed by atoms with Crippen molar-refractivity contribution in [2.75, 3.05) is 0 Å². The largest absolute Gasteiger partial charge is 0.478 e. The zero-order valence-corrected chi connectivity index (χ0v) is 23.8. The molecule has 0 radical (unpaired) electrons. The third kappa shape index (κ3) is 12.0. The third-order valence-corrected chi connectivity index (χ3v) is 5.62. The molecule has 3 aromatic carbocycles. The molecule has 0 spiro atoms. The maximum Gasteiger partial charge on any atom is 0.335 e. The normalized spacial score (nSPS) is 12.5. The van der Waals surface area contributed by atoms with Crippen LogP contribution < -0.4 is 0 Å². The second-order valence-electron chi connectivity index (χ2n) is 8.64. The van der Waals surface area contributed by atoms with Crippen LogP contribution in [0.4, 0.5) is 0 Å². The second-order valence-corrected chi connectivity index (χ2v) is 8.64. The predicted molar refractivity (Wildman–Crippen MR) is 145 cm³/mol. The van der Waals surface area contributed by atoms with Gasteiger partial charge in [-0.2, -0.15) is 11.1 Å². The number of hydrogen-bond donors (Lipinski definition) is 3. The van der Waals surface area contributed by atoms with Crippen molar-refractivity contribution < 1.29 is 51.4 Å². The first-order valence-corrected chi connectivity index (χ1v) is 11.5. The molecule has 38 heavy (non-hydrogen) atoms. The van der Waals surface area contributed by atoms with Gasteiger partial charge in [-0.1, -0.05) is 87.7 Å². The minimum atomic E-state index is -0.879. The number of hydrogen-bond acceptors (Lipinski definition) is 3. The van der Waals surface area contributed by atoms with Crippen LogP contribution in [0.1, 0.15) is 65.7 Å². The van der Waals surface area contributed by atoms with Gasteiger partial charge in [-0.05, 0) is 36.4 Å². The molecule has 3 N–H and O–H groups in total. The van der Waals surface area contributed by atoms with Crippen LogP contribution in [0, 0.1) is 11.5 Å². The van der Waals surface area contributed by atoms with E-state index in [2.05, 4.69) is 40.7 Å². The Morgan fingerprint density at radius 2 is 0.842 bits per heavy atom. The predicted octanol–water partition coefficient (Wildman–Crippen LogP) is 7.26. The Morgan fingerprint density at radius 1 is 0.579 bits per heavy atom. The summed E-state index contributed by atoms with van der Waals surface area (Å²) in [6.07, 6.45) is 3.44. The van der Waals surface area contributed by atoms with Gasteiger partial charge in [-0.3, -0.25) is 6.08 Å². The Hall–Kier alpha value is -3.74. The zero-order valence-electron chi connectivity index (χ0n) is 22.2. The fourth-order valence-electron chi connectivity index (χ4n) is 3.15. The smallest absolute Gasteiger partial charge is 0.335 e. The van der Waals surface area contributed by atoms with Crippen molar-refractivity contribution in [1.82, 2.24) is 0 Å². The summed E-state index contributed by atoms with van der Waals surface area (Å²) >= 11 is 0. The first kappa shape index (κ1) is 34.3. The summed E-state index contributed by atoms with van der Waals surface area (Å²) in [7, 11) is 0. The molecule has 7 heteroatoms. The minimum Gasteiger partial charge on any atom is -0.478 e. The van der Waals surface area contributed by atoms with Crippen LogP contribution in [0.25, 0.3) is 0 Å². The van der Waals surface area contributed by atoms with E-state index < -0.39 is 17.9 Å². The second kappa shape index (κ2) is 16.9. The summed E-state index contributed by atoms with van der Waals surface area (Å²) in [5.74, 6) is -2.64. The Bertz CT molecular complexity index is 1110. The monoisotopic (exact) mass is 549 g/mol. The molecule has 0 aromatic heterocycles. The van der Waals surface area contributed by atoms with Gasteiger partial charge in [0.25, 0.3) is 0 Å². The molecule has 0 unspecified atom stereocenters. The van der Waals surface area contributed by atoms with Crippen LogP contribution in [0.5, 0.6) is 0 Å². The van der Waals surface area contributed by atoms with E-state index >= 15 is 0 Å². The number of benzene rings is 3. The zero-order chi connectivity index (χ0) is 28.0. The number of aromatic carboxylic acids is 3. The minimum absolute atomic E-state index is 0.